The SMILES string of the molecule is CCC(=Cc1sc2c3ccccc3ccc2[n+]1CC(=O)NS(C)(=O)=O)C=C1N(CCS(=O)(=O)[O-])c2cc(S(=O)(=O)[O-])ccc2C1(C)C. The Kier molecular flexibility index (Phi) is 9.15. The summed E-state index contributed by atoms with van der Waals surface area (Å²) in [6.07, 6.45) is 5.05. The van der Waals surface area contributed by atoms with E-state index in [1.54, 1.807) is 9.47 Å². The van der Waals surface area contributed by atoms with Gasteiger partial charge in [-0.05, 0) is 47.2 Å². The van der Waals surface area contributed by atoms with E-state index in [0.29, 0.717) is 33.9 Å². The third-order valence-corrected chi connectivity index (χ3v) is 11.3. The van der Waals surface area contributed by atoms with E-state index in [0.717, 1.165) is 27.3 Å². The molecular formula is C31H32N3O9S4-. The van der Waals surface area contributed by atoms with E-state index in [9.17, 15) is 39.2 Å². The number of fused-ring (bicyclic) bond motifs is 4. The maximum absolute atomic E-state index is 12.8. The molecule has 1 amide bonds. The number of rotatable bonds is 10. The third-order valence-electron chi connectivity index (χ3n) is 7.98. The van der Waals surface area contributed by atoms with Gasteiger partial charge in [-0.2, -0.15) is 4.57 Å². The highest BCUT2D eigenvalue weighted by Gasteiger charge is 2.40. The minimum Gasteiger partial charge on any atom is -0.748 e. The maximum Gasteiger partial charge on any atom is 0.299 e. The second kappa shape index (κ2) is 12.4. The predicted octanol–water partition coefficient (Wildman–Crippen LogP) is 3.34. The van der Waals surface area contributed by atoms with E-state index in [1.165, 1.54) is 29.5 Å². The molecule has 0 aliphatic carbocycles. The Morgan fingerprint density at radius 1 is 1.02 bits per heavy atom. The average Bonchev–Trinajstić information content (AvgIpc) is 3.40. The number of carbonyl (C=O) groups excluding carboxylic acids is 1. The fourth-order valence-corrected chi connectivity index (χ4v) is 8.44. The molecule has 0 spiro atoms. The van der Waals surface area contributed by atoms with E-state index in [-0.39, 0.29) is 13.1 Å². The number of sulfonamides is 1. The lowest BCUT2D eigenvalue weighted by Gasteiger charge is -2.28. The number of nitrogens with one attached hydrogen (secondary N) is 1. The molecule has 3 aromatic carbocycles. The molecule has 1 aliphatic heterocycles. The minimum atomic E-state index is -4.83. The summed E-state index contributed by atoms with van der Waals surface area (Å²) < 4.78 is 98.9. The molecule has 5 rings (SSSR count). The number of allylic oxidation sites excluding steroid dienone is 3. The van der Waals surface area contributed by atoms with Crippen LogP contribution in [0.4, 0.5) is 5.69 Å². The van der Waals surface area contributed by atoms with E-state index in [1.807, 2.05) is 74.0 Å². The fraction of sp³-hybridized carbons (Fsp3) is 0.290. The van der Waals surface area contributed by atoms with E-state index in [4.69, 9.17) is 0 Å². The molecule has 0 unspecified atom stereocenters. The van der Waals surface area contributed by atoms with Crippen molar-refractivity contribution >= 4 is 80.3 Å². The number of thiazole rings is 1. The zero-order chi connectivity index (χ0) is 34.5. The molecule has 1 N–H and O–H groups in total. The predicted molar refractivity (Wildman–Crippen MR) is 178 cm³/mol. The van der Waals surface area contributed by atoms with Crippen molar-refractivity contribution in [3.05, 3.63) is 82.5 Å². The number of amides is 1. The smallest absolute Gasteiger partial charge is 0.299 e. The molecule has 12 nitrogen and oxygen atoms in total. The first-order valence-corrected chi connectivity index (χ1v) is 20.1. The van der Waals surface area contributed by atoms with Crippen molar-refractivity contribution < 1.29 is 43.7 Å². The second-order valence-electron chi connectivity index (χ2n) is 11.7. The van der Waals surface area contributed by atoms with Gasteiger partial charge in [0.15, 0.2) is 0 Å². The summed E-state index contributed by atoms with van der Waals surface area (Å²) in [7, 11) is -13.3. The molecule has 0 bridgehead atoms. The summed E-state index contributed by atoms with van der Waals surface area (Å²) in [5, 5.41) is 2.57. The molecular weight excluding hydrogens is 687 g/mol. The monoisotopic (exact) mass is 718 g/mol. The van der Waals surface area contributed by atoms with E-state index >= 15 is 0 Å². The van der Waals surface area contributed by atoms with Crippen molar-refractivity contribution in [3.63, 3.8) is 0 Å². The molecule has 0 saturated heterocycles. The Bertz CT molecular complexity index is 2320. The third kappa shape index (κ3) is 7.42. The Morgan fingerprint density at radius 2 is 1.72 bits per heavy atom. The summed E-state index contributed by atoms with van der Waals surface area (Å²) in [6, 6.07) is 15.4. The van der Waals surface area contributed by atoms with Gasteiger partial charge in [0, 0.05) is 40.9 Å². The Morgan fingerprint density at radius 3 is 2.36 bits per heavy atom. The summed E-state index contributed by atoms with van der Waals surface area (Å²) in [4.78, 5) is 13.9. The van der Waals surface area contributed by atoms with Crippen LogP contribution < -0.4 is 14.2 Å². The first-order valence-electron chi connectivity index (χ1n) is 14.4. The lowest BCUT2D eigenvalue weighted by atomic mass is 9.83. The lowest BCUT2D eigenvalue weighted by molar-refractivity contribution is -0.655. The fourth-order valence-electron chi connectivity index (χ4n) is 5.79. The van der Waals surface area contributed by atoms with Gasteiger partial charge in [-0.25, -0.2) is 30.0 Å². The number of anilines is 1. The van der Waals surface area contributed by atoms with Gasteiger partial charge in [-0.1, -0.05) is 62.4 Å². The van der Waals surface area contributed by atoms with Crippen LogP contribution >= 0.6 is 11.3 Å². The molecule has 250 valence electrons. The van der Waals surface area contributed by atoms with Crippen LogP contribution in [-0.4, -0.2) is 58.8 Å². The summed E-state index contributed by atoms with van der Waals surface area (Å²) in [5.74, 6) is -1.49. The largest absolute Gasteiger partial charge is 0.748 e. The van der Waals surface area contributed by atoms with Crippen molar-refractivity contribution in [1.29, 1.82) is 0 Å². The van der Waals surface area contributed by atoms with Gasteiger partial charge in [0.2, 0.25) is 22.1 Å². The number of carbonyl (C=O) groups is 1. The molecule has 0 saturated carbocycles. The van der Waals surface area contributed by atoms with Crippen molar-refractivity contribution in [2.24, 2.45) is 0 Å². The van der Waals surface area contributed by atoms with Crippen LogP contribution in [0, 0.1) is 0 Å². The quantitative estimate of drug-likeness (QED) is 0.188. The van der Waals surface area contributed by atoms with Crippen molar-refractivity contribution in [3.8, 4) is 0 Å². The van der Waals surface area contributed by atoms with Crippen molar-refractivity contribution in [2.45, 2.75) is 44.0 Å². The van der Waals surface area contributed by atoms with Gasteiger partial charge in [-0.15, -0.1) is 0 Å². The van der Waals surface area contributed by atoms with Crippen molar-refractivity contribution in [1.82, 2.24) is 4.72 Å². The summed E-state index contributed by atoms with van der Waals surface area (Å²) in [5.41, 5.74) is 2.16. The van der Waals surface area contributed by atoms with Gasteiger partial charge in [0.1, 0.15) is 14.8 Å². The zero-order valence-corrected chi connectivity index (χ0v) is 29.1. The second-order valence-corrected chi connectivity index (χ2v) is 17.4. The zero-order valence-electron chi connectivity index (χ0n) is 25.9. The minimum absolute atomic E-state index is 0.284. The molecule has 47 heavy (non-hydrogen) atoms. The topological polar surface area (TPSA) is 185 Å². The van der Waals surface area contributed by atoms with Crippen LogP contribution in [0.3, 0.4) is 0 Å². The molecule has 0 fully saturated rings. The van der Waals surface area contributed by atoms with Gasteiger partial charge >= 0.3 is 0 Å². The number of hydrogen-bond donors (Lipinski definition) is 1. The van der Waals surface area contributed by atoms with Gasteiger partial charge in [-0.3, -0.25) is 4.79 Å². The number of hydrogen-bond acceptors (Lipinski definition) is 11. The average molecular weight is 719 g/mol. The molecule has 0 atom stereocenters. The first kappa shape index (κ1) is 34.7. The highest BCUT2D eigenvalue weighted by molar-refractivity contribution is 7.89. The van der Waals surface area contributed by atoms with Gasteiger partial charge in [0.05, 0.1) is 27.0 Å². The van der Waals surface area contributed by atoms with Gasteiger partial charge in [0.25, 0.3) is 10.9 Å². The highest BCUT2D eigenvalue weighted by Crippen LogP contribution is 2.49. The molecule has 4 aromatic rings. The normalized spacial score (nSPS) is 16.3. The molecule has 0 radical (unpaired) electrons. The standard InChI is InChI=1S/C31H33N3O9S4/c1-5-20(16-27-31(2,3)24-12-11-22(47(41,42)43)18-26(24)33(27)14-15-46(38,39)40)17-29-34(19-28(35)32-45(4,36)37)25-13-10-21-8-6-7-9-23(21)30(25)44-29/h6-13,16-18H,5,14-15,19H2,1-4H3,(H2-,32,35,38,39,40,41,42,43)/p-1. The van der Waals surface area contributed by atoms with Crippen molar-refractivity contribution in [2.75, 3.05) is 23.5 Å². The first-order chi connectivity index (χ1) is 21.8. The summed E-state index contributed by atoms with van der Waals surface area (Å²) >= 11 is 1.41. The van der Waals surface area contributed by atoms with E-state index in [2.05, 4.69) is 0 Å². The number of benzene rings is 3. The van der Waals surface area contributed by atoms with Crippen LogP contribution in [0.5, 0.6) is 0 Å². The van der Waals surface area contributed by atoms with Crippen LogP contribution in [0.1, 0.15) is 37.8 Å². The van der Waals surface area contributed by atoms with E-state index < -0.39 is 52.2 Å². The summed E-state index contributed by atoms with van der Waals surface area (Å²) in [6.45, 7) is 5.05. The van der Waals surface area contributed by atoms with Gasteiger partial charge < -0.3 is 14.0 Å². The Hall–Kier alpha value is -3.67. The molecule has 2 heterocycles. The van der Waals surface area contributed by atoms with Crippen LogP contribution in [0.2, 0.25) is 0 Å². The lowest BCUT2D eigenvalue weighted by Crippen LogP contribution is -2.45. The van der Waals surface area contributed by atoms with Crippen LogP contribution in [0.15, 0.2) is 76.8 Å². The highest BCUT2D eigenvalue weighted by atomic mass is 32.2. The Balaban J connectivity index is 1.69. The number of aromatic nitrogens is 1. The molecule has 1 aliphatic rings. The molecule has 16 heteroatoms. The Labute approximate surface area is 277 Å². The van der Waals surface area contributed by atoms with Crippen LogP contribution in [-0.2, 0) is 47.0 Å². The maximum atomic E-state index is 12.8. The van der Waals surface area contributed by atoms with Crippen LogP contribution in [0.25, 0.3) is 27.1 Å². The molecule has 1 aromatic heterocycles. The number of nitrogens with zero attached hydrogens (tertiary/aromatic N) is 2.